The van der Waals surface area contributed by atoms with Crippen LogP contribution in [0.15, 0.2) is 0 Å². The van der Waals surface area contributed by atoms with Gasteiger partial charge in [-0.05, 0) is 0 Å². The van der Waals surface area contributed by atoms with E-state index < -0.39 is 24.7 Å². The van der Waals surface area contributed by atoms with Crippen molar-refractivity contribution in [3.8, 4) is 0 Å². The van der Waals surface area contributed by atoms with Crippen molar-refractivity contribution >= 4 is 5.91 Å². The van der Waals surface area contributed by atoms with E-state index in [1.54, 1.807) is 0 Å². The molecule has 1 unspecified atom stereocenters. The minimum Gasteiger partial charge on any atom is -0.394 e. The molecule has 0 heterocycles. The van der Waals surface area contributed by atoms with Crippen molar-refractivity contribution in [1.29, 1.82) is 0 Å². The van der Waals surface area contributed by atoms with Gasteiger partial charge in [0.05, 0.1) is 12.7 Å². The molecule has 60 valence electrons. The number of carbonyl (C=O) groups is 1. The number of carbonyl (C=O) groups excluding carboxylic acids is 1. The Hall–Kier alpha value is -0.650. The SMILES string of the molecule is NC(=O)C(O)C[C@H](O)CO. The van der Waals surface area contributed by atoms with Crippen LogP contribution in [0.4, 0.5) is 0 Å². The van der Waals surface area contributed by atoms with E-state index in [9.17, 15) is 4.79 Å². The Balaban J connectivity index is 3.56. The molecule has 0 aromatic carbocycles. The van der Waals surface area contributed by atoms with Gasteiger partial charge < -0.3 is 21.1 Å². The van der Waals surface area contributed by atoms with E-state index in [1.165, 1.54) is 0 Å². The minimum absolute atomic E-state index is 0.216. The summed E-state index contributed by atoms with van der Waals surface area (Å²) in [5.41, 5.74) is 4.66. The lowest BCUT2D eigenvalue weighted by Crippen LogP contribution is -2.32. The lowest BCUT2D eigenvalue weighted by Gasteiger charge is -2.09. The predicted octanol–water partition coefficient (Wildman–Crippen LogP) is -2.42. The fraction of sp³-hybridized carbons (Fsp3) is 0.800. The average Bonchev–Trinajstić information content (AvgIpc) is 1.87. The zero-order valence-electron chi connectivity index (χ0n) is 5.40. The normalized spacial score (nSPS) is 16.3. The smallest absolute Gasteiger partial charge is 0.246 e. The molecule has 0 aromatic heterocycles. The number of rotatable bonds is 4. The molecule has 5 N–H and O–H groups in total. The summed E-state index contributed by atoms with van der Waals surface area (Å²) < 4.78 is 0. The van der Waals surface area contributed by atoms with E-state index in [0.29, 0.717) is 0 Å². The van der Waals surface area contributed by atoms with Crippen LogP contribution < -0.4 is 5.73 Å². The first kappa shape index (κ1) is 9.35. The third-order valence-electron chi connectivity index (χ3n) is 1.03. The Morgan fingerprint density at radius 3 is 2.30 bits per heavy atom. The molecule has 0 rings (SSSR count). The van der Waals surface area contributed by atoms with Crippen molar-refractivity contribution in [1.82, 2.24) is 0 Å². The van der Waals surface area contributed by atoms with Crippen molar-refractivity contribution in [2.45, 2.75) is 18.6 Å². The van der Waals surface area contributed by atoms with Gasteiger partial charge in [0.2, 0.25) is 5.91 Å². The Morgan fingerprint density at radius 2 is 2.00 bits per heavy atom. The summed E-state index contributed by atoms with van der Waals surface area (Å²) in [6.45, 7) is -0.482. The molecule has 0 saturated heterocycles. The second kappa shape index (κ2) is 4.21. The number of hydrogen-bond donors (Lipinski definition) is 4. The van der Waals surface area contributed by atoms with Crippen molar-refractivity contribution in [3.05, 3.63) is 0 Å². The molecule has 2 atom stereocenters. The molecule has 10 heavy (non-hydrogen) atoms. The summed E-state index contributed by atoms with van der Waals surface area (Å²) in [7, 11) is 0. The number of primary amides is 1. The molecule has 0 saturated carbocycles. The van der Waals surface area contributed by atoms with Crippen LogP contribution in [0.1, 0.15) is 6.42 Å². The summed E-state index contributed by atoms with van der Waals surface area (Å²) >= 11 is 0. The van der Waals surface area contributed by atoms with Crippen LogP contribution >= 0.6 is 0 Å². The van der Waals surface area contributed by atoms with Crippen LogP contribution in [0, 0.1) is 0 Å². The van der Waals surface area contributed by atoms with Crippen LogP contribution in [0.25, 0.3) is 0 Å². The summed E-state index contributed by atoms with van der Waals surface area (Å²) in [6, 6.07) is 0. The van der Waals surface area contributed by atoms with E-state index >= 15 is 0 Å². The Kier molecular flexibility index (Phi) is 3.94. The third-order valence-corrected chi connectivity index (χ3v) is 1.03. The van der Waals surface area contributed by atoms with Gasteiger partial charge in [-0.3, -0.25) is 4.79 Å². The second-order valence-electron chi connectivity index (χ2n) is 1.99. The van der Waals surface area contributed by atoms with E-state index in [4.69, 9.17) is 15.3 Å². The van der Waals surface area contributed by atoms with Gasteiger partial charge in [-0.2, -0.15) is 0 Å². The largest absolute Gasteiger partial charge is 0.394 e. The Bertz CT molecular complexity index is 116. The molecular weight excluding hydrogens is 138 g/mol. The zero-order valence-corrected chi connectivity index (χ0v) is 5.40. The highest BCUT2D eigenvalue weighted by molar-refractivity contribution is 5.78. The minimum atomic E-state index is -1.37. The molecule has 0 radical (unpaired) electrons. The zero-order chi connectivity index (χ0) is 8.15. The van der Waals surface area contributed by atoms with Crippen molar-refractivity contribution in [2.75, 3.05) is 6.61 Å². The highest BCUT2D eigenvalue weighted by atomic mass is 16.3. The lowest BCUT2D eigenvalue weighted by atomic mass is 10.1. The number of nitrogens with two attached hydrogens (primary N) is 1. The van der Waals surface area contributed by atoms with Crippen LogP contribution in [0.5, 0.6) is 0 Å². The first-order valence-corrected chi connectivity index (χ1v) is 2.84. The maximum atomic E-state index is 10.1. The van der Waals surface area contributed by atoms with E-state index in [2.05, 4.69) is 5.73 Å². The van der Waals surface area contributed by atoms with Crippen LogP contribution in [0.3, 0.4) is 0 Å². The lowest BCUT2D eigenvalue weighted by molar-refractivity contribution is -0.127. The first-order valence-electron chi connectivity index (χ1n) is 2.84. The van der Waals surface area contributed by atoms with Crippen LogP contribution in [-0.4, -0.2) is 40.0 Å². The highest BCUT2D eigenvalue weighted by Crippen LogP contribution is 1.95. The van der Waals surface area contributed by atoms with Crippen molar-refractivity contribution in [2.24, 2.45) is 5.73 Å². The van der Waals surface area contributed by atoms with Crippen molar-refractivity contribution < 1.29 is 20.1 Å². The number of hydrogen-bond acceptors (Lipinski definition) is 4. The van der Waals surface area contributed by atoms with Gasteiger partial charge in [0.15, 0.2) is 0 Å². The van der Waals surface area contributed by atoms with E-state index in [1.807, 2.05) is 0 Å². The van der Waals surface area contributed by atoms with Gasteiger partial charge in [-0.25, -0.2) is 0 Å². The Morgan fingerprint density at radius 1 is 1.50 bits per heavy atom. The van der Waals surface area contributed by atoms with Gasteiger partial charge in [0.25, 0.3) is 0 Å². The highest BCUT2D eigenvalue weighted by Gasteiger charge is 2.15. The summed E-state index contributed by atoms with van der Waals surface area (Å²) in [5.74, 6) is -0.896. The number of aliphatic hydroxyl groups is 3. The van der Waals surface area contributed by atoms with Crippen LogP contribution in [-0.2, 0) is 4.79 Å². The molecule has 0 fully saturated rings. The molecule has 0 aromatic rings. The molecule has 1 amide bonds. The van der Waals surface area contributed by atoms with E-state index in [-0.39, 0.29) is 6.42 Å². The molecule has 0 bridgehead atoms. The van der Waals surface area contributed by atoms with Crippen molar-refractivity contribution in [3.63, 3.8) is 0 Å². The summed E-state index contributed by atoms with van der Waals surface area (Å²) in [5, 5.41) is 25.6. The summed E-state index contributed by atoms with van der Waals surface area (Å²) in [6.07, 6.45) is -2.67. The monoisotopic (exact) mass is 149 g/mol. The van der Waals surface area contributed by atoms with Crippen LogP contribution in [0.2, 0.25) is 0 Å². The van der Waals surface area contributed by atoms with Gasteiger partial charge in [0, 0.05) is 6.42 Å². The molecule has 0 aliphatic rings. The van der Waals surface area contributed by atoms with Gasteiger partial charge in [-0.15, -0.1) is 0 Å². The first-order chi connectivity index (χ1) is 4.57. The molecule has 5 nitrogen and oxygen atoms in total. The summed E-state index contributed by atoms with van der Waals surface area (Å²) in [4.78, 5) is 10.1. The number of amides is 1. The molecule has 0 aliphatic heterocycles. The topological polar surface area (TPSA) is 104 Å². The van der Waals surface area contributed by atoms with Gasteiger partial charge >= 0.3 is 0 Å². The molecular formula is C5H11NO4. The fourth-order valence-corrected chi connectivity index (χ4v) is 0.448. The predicted molar refractivity (Wildman–Crippen MR) is 32.9 cm³/mol. The fourth-order valence-electron chi connectivity index (χ4n) is 0.448. The standard InChI is InChI=1S/C5H11NO4/c6-5(10)4(9)1-3(8)2-7/h3-4,7-9H,1-2H2,(H2,6,10)/t3-,4?/m0/s1. The van der Waals surface area contributed by atoms with E-state index in [0.717, 1.165) is 0 Å². The maximum Gasteiger partial charge on any atom is 0.246 e. The molecule has 0 aliphatic carbocycles. The van der Waals surface area contributed by atoms with Gasteiger partial charge in [0.1, 0.15) is 6.10 Å². The molecule has 0 spiro atoms. The second-order valence-corrected chi connectivity index (χ2v) is 1.99. The quantitative estimate of drug-likeness (QED) is 0.357. The van der Waals surface area contributed by atoms with Gasteiger partial charge in [-0.1, -0.05) is 0 Å². The maximum absolute atomic E-state index is 10.1. The number of aliphatic hydroxyl groups excluding tert-OH is 3. The molecule has 5 heteroatoms. The Labute approximate surface area is 58.1 Å². The third kappa shape index (κ3) is 3.39. The average molecular weight is 149 g/mol.